The molecule has 5 aliphatic rings. The van der Waals surface area contributed by atoms with E-state index in [0.717, 1.165) is 35.9 Å². The molecule has 5 amide bonds. The van der Waals surface area contributed by atoms with E-state index in [4.69, 9.17) is 16.3 Å². The topological polar surface area (TPSA) is 152 Å². The Morgan fingerprint density at radius 1 is 0.982 bits per heavy atom. The number of piperazine rings is 1. The maximum atomic E-state index is 15.6. The lowest BCUT2D eigenvalue weighted by atomic mass is 9.49. The van der Waals surface area contributed by atoms with Crippen molar-refractivity contribution in [2.24, 2.45) is 10.8 Å². The number of anilines is 1. The van der Waals surface area contributed by atoms with Gasteiger partial charge in [-0.25, -0.2) is 4.39 Å². The summed E-state index contributed by atoms with van der Waals surface area (Å²) in [5.41, 5.74) is 1.53. The van der Waals surface area contributed by atoms with Crippen molar-refractivity contribution in [3.8, 4) is 11.8 Å². The van der Waals surface area contributed by atoms with Crippen molar-refractivity contribution in [2.75, 3.05) is 24.5 Å². The number of piperidine rings is 1. The first-order valence-corrected chi connectivity index (χ1v) is 19.3. The molecule has 0 aromatic heterocycles. The van der Waals surface area contributed by atoms with Crippen molar-refractivity contribution in [1.82, 2.24) is 20.4 Å². The lowest BCUT2D eigenvalue weighted by Gasteiger charge is -2.63. The quantitative estimate of drug-likeness (QED) is 0.290. The summed E-state index contributed by atoms with van der Waals surface area (Å²) >= 11 is 6.23. The van der Waals surface area contributed by atoms with Crippen LogP contribution >= 0.6 is 11.6 Å². The largest absolute Gasteiger partial charge is 0.489 e. The first kappa shape index (κ1) is 37.6. The Morgan fingerprint density at radius 2 is 1.68 bits per heavy atom. The summed E-state index contributed by atoms with van der Waals surface area (Å²) in [6.07, 6.45) is 1.44. The Labute approximate surface area is 328 Å². The van der Waals surface area contributed by atoms with E-state index in [1.54, 1.807) is 18.2 Å². The fourth-order valence-corrected chi connectivity index (χ4v) is 10.1. The number of imide groups is 2. The number of nitriles is 1. The molecule has 1 aliphatic carbocycles. The third kappa shape index (κ3) is 6.19. The molecule has 2 bridgehead atoms. The zero-order chi connectivity index (χ0) is 39.8. The highest BCUT2D eigenvalue weighted by molar-refractivity contribution is 6.31. The second kappa shape index (κ2) is 13.7. The predicted octanol–water partition coefficient (Wildman–Crippen LogP) is 4.87. The highest BCUT2D eigenvalue weighted by atomic mass is 35.5. The van der Waals surface area contributed by atoms with Crippen LogP contribution in [0.25, 0.3) is 0 Å². The maximum absolute atomic E-state index is 15.6. The minimum Gasteiger partial charge on any atom is -0.489 e. The Hall–Kier alpha value is -5.32. The zero-order valence-corrected chi connectivity index (χ0v) is 32.3. The number of fused-ring (bicyclic) bond motifs is 3. The van der Waals surface area contributed by atoms with Crippen molar-refractivity contribution >= 4 is 46.8 Å². The predicted molar refractivity (Wildman–Crippen MR) is 204 cm³/mol. The number of hydrogen-bond acceptors (Lipinski definition) is 9. The van der Waals surface area contributed by atoms with Crippen LogP contribution in [-0.2, 0) is 16.0 Å². The van der Waals surface area contributed by atoms with E-state index in [1.807, 2.05) is 29.2 Å². The standard InChI is InChI=1S/C42H42ClFN6O6/c1-41(2)39(42(3,4)40(41)56-27-10-9-24(19-45)30(43)16-27)47-35(52)23-7-5-22(6-8-23)13-14-48-20-26-15-25(48)21-49(26)33-18-29-28(17-31(33)44)37(54)50(38(29)55)32-11-12-34(51)46-36(32)53/h5-10,16-18,25-26,32,39-40H,11-15,20-21H2,1-4H3,(H,47,52)(H,46,51,53)/t25-,26-,32?,39?,40?/m1/s1. The molecule has 4 fully saturated rings. The number of nitrogens with one attached hydrogen (secondary N) is 2. The van der Waals surface area contributed by atoms with Gasteiger partial charge in [-0.3, -0.25) is 39.1 Å². The van der Waals surface area contributed by atoms with E-state index in [-0.39, 0.29) is 70.6 Å². The van der Waals surface area contributed by atoms with Gasteiger partial charge in [0.05, 0.1) is 27.4 Å². The first-order chi connectivity index (χ1) is 26.6. The highest BCUT2D eigenvalue weighted by Crippen LogP contribution is 2.55. The van der Waals surface area contributed by atoms with Crippen LogP contribution in [0.1, 0.15) is 89.2 Å². The van der Waals surface area contributed by atoms with Crippen LogP contribution in [0.2, 0.25) is 5.02 Å². The Balaban J connectivity index is 0.850. The number of halogens is 2. The molecule has 2 N–H and O–H groups in total. The number of likely N-dealkylation sites (tertiary alicyclic amines) is 1. The molecule has 1 unspecified atom stereocenters. The van der Waals surface area contributed by atoms with E-state index in [1.165, 1.54) is 6.07 Å². The van der Waals surface area contributed by atoms with Crippen LogP contribution in [-0.4, -0.2) is 89.2 Å². The summed E-state index contributed by atoms with van der Waals surface area (Å²) in [5, 5.41) is 14.9. The first-order valence-electron chi connectivity index (χ1n) is 18.9. The van der Waals surface area contributed by atoms with E-state index in [9.17, 15) is 29.2 Å². The lowest BCUT2D eigenvalue weighted by molar-refractivity contribution is -0.164. The molecular formula is C42H42ClFN6O6. The van der Waals surface area contributed by atoms with E-state index in [0.29, 0.717) is 35.0 Å². The summed E-state index contributed by atoms with van der Waals surface area (Å²) in [4.78, 5) is 69.2. The third-order valence-corrected chi connectivity index (χ3v) is 12.8. The van der Waals surface area contributed by atoms with Gasteiger partial charge in [0, 0.05) is 66.6 Å². The van der Waals surface area contributed by atoms with Gasteiger partial charge in [-0.2, -0.15) is 5.26 Å². The second-order valence-electron chi connectivity index (χ2n) is 16.7. The summed E-state index contributed by atoms with van der Waals surface area (Å²) in [6.45, 7) is 10.3. The molecule has 0 spiro atoms. The van der Waals surface area contributed by atoms with Crippen molar-refractivity contribution in [3.05, 3.63) is 93.3 Å². The van der Waals surface area contributed by atoms with Crippen LogP contribution in [0.3, 0.4) is 0 Å². The zero-order valence-electron chi connectivity index (χ0n) is 31.5. The Bertz CT molecular complexity index is 2220. The summed E-state index contributed by atoms with van der Waals surface area (Å²) in [6, 6.07) is 16.2. The fraction of sp³-hybridized carbons (Fsp3) is 0.429. The highest BCUT2D eigenvalue weighted by Gasteiger charge is 2.64. The van der Waals surface area contributed by atoms with Crippen molar-refractivity contribution in [3.63, 3.8) is 0 Å². The molecule has 3 atom stereocenters. The minimum absolute atomic E-state index is 0.00910. The lowest BCUT2D eigenvalue weighted by Crippen LogP contribution is -2.74. The maximum Gasteiger partial charge on any atom is 0.262 e. The van der Waals surface area contributed by atoms with Gasteiger partial charge in [-0.15, -0.1) is 0 Å². The van der Waals surface area contributed by atoms with Gasteiger partial charge in [0.15, 0.2) is 0 Å². The number of carbonyl (C=O) groups excluding carboxylic acids is 5. The number of benzene rings is 3. The average molecular weight is 781 g/mol. The van der Waals surface area contributed by atoms with Gasteiger partial charge in [0.1, 0.15) is 29.8 Å². The summed E-state index contributed by atoms with van der Waals surface area (Å²) < 4.78 is 21.9. The minimum atomic E-state index is -1.11. The van der Waals surface area contributed by atoms with Crippen molar-refractivity contribution < 1.29 is 33.1 Å². The van der Waals surface area contributed by atoms with Gasteiger partial charge in [0.25, 0.3) is 17.7 Å². The molecule has 12 nitrogen and oxygen atoms in total. The van der Waals surface area contributed by atoms with Crippen molar-refractivity contribution in [2.45, 2.75) is 83.6 Å². The second-order valence-corrected chi connectivity index (χ2v) is 17.1. The number of ether oxygens (including phenoxy) is 1. The molecule has 1 saturated carbocycles. The molecule has 4 aliphatic heterocycles. The number of carbonyl (C=O) groups is 5. The smallest absolute Gasteiger partial charge is 0.262 e. The summed E-state index contributed by atoms with van der Waals surface area (Å²) in [7, 11) is 0. The molecule has 14 heteroatoms. The number of nitrogens with zero attached hydrogens (tertiary/aromatic N) is 4. The monoisotopic (exact) mass is 780 g/mol. The van der Waals surface area contributed by atoms with Gasteiger partial charge < -0.3 is 15.0 Å². The van der Waals surface area contributed by atoms with Gasteiger partial charge in [-0.1, -0.05) is 51.4 Å². The van der Waals surface area contributed by atoms with Crippen LogP contribution in [0.4, 0.5) is 10.1 Å². The SMILES string of the molecule is CC1(C)C(NC(=O)c2ccc(CCN3C[C@H]4C[C@@H]3CN4c3cc4c(cc3F)C(=O)N(C3CCC(=O)NC3=O)C4=O)cc2)C(C)(C)C1Oc1ccc(C#N)c(Cl)c1. The Morgan fingerprint density at radius 3 is 2.30 bits per heavy atom. The third-order valence-electron chi connectivity index (χ3n) is 12.5. The average Bonchev–Trinajstić information content (AvgIpc) is 3.83. The molecule has 8 rings (SSSR count). The van der Waals surface area contributed by atoms with Crippen molar-refractivity contribution in [1.29, 1.82) is 5.26 Å². The van der Waals surface area contributed by atoms with Crippen LogP contribution in [0, 0.1) is 28.0 Å². The molecular weight excluding hydrogens is 739 g/mol. The molecule has 0 radical (unpaired) electrons. The van der Waals surface area contributed by atoms with Gasteiger partial charge >= 0.3 is 0 Å². The molecule has 3 saturated heterocycles. The van der Waals surface area contributed by atoms with E-state index in [2.05, 4.69) is 49.3 Å². The molecule has 4 heterocycles. The normalized spacial score (nSPS) is 26.1. The number of amides is 5. The molecule has 3 aromatic carbocycles. The Kier molecular flexibility index (Phi) is 9.20. The van der Waals surface area contributed by atoms with Crippen LogP contribution < -0.4 is 20.3 Å². The van der Waals surface area contributed by atoms with Gasteiger partial charge in [0.2, 0.25) is 11.8 Å². The van der Waals surface area contributed by atoms with Crippen LogP contribution in [0.15, 0.2) is 54.6 Å². The van der Waals surface area contributed by atoms with E-state index < -0.39 is 35.5 Å². The van der Waals surface area contributed by atoms with Gasteiger partial charge in [-0.05, 0) is 61.2 Å². The molecule has 290 valence electrons. The molecule has 56 heavy (non-hydrogen) atoms. The number of rotatable bonds is 9. The van der Waals surface area contributed by atoms with Crippen LogP contribution in [0.5, 0.6) is 5.75 Å². The fourth-order valence-electron chi connectivity index (χ4n) is 9.92. The number of hydrogen-bond donors (Lipinski definition) is 2. The molecule has 3 aromatic rings. The summed E-state index contributed by atoms with van der Waals surface area (Å²) in [5.74, 6) is -2.73. The van der Waals surface area contributed by atoms with E-state index >= 15 is 4.39 Å².